The third-order valence-corrected chi connectivity index (χ3v) is 27.8. The van der Waals surface area contributed by atoms with Crippen LogP contribution in [0, 0.1) is 55.4 Å². The molecule has 0 radical (unpaired) electrons. The third-order valence-electron chi connectivity index (χ3n) is 25.6. The minimum Gasteiger partial charge on any atom is -0.347 e. The summed E-state index contributed by atoms with van der Waals surface area (Å²) in [7, 11) is 16.9. The molecule has 0 fully saturated rings. The number of fused-ring (bicyclic) bond motifs is 15. The van der Waals surface area contributed by atoms with E-state index in [9.17, 15) is 0 Å². The number of benzene rings is 5. The first-order valence-corrected chi connectivity index (χ1v) is 45.7. The van der Waals surface area contributed by atoms with Crippen molar-refractivity contribution in [3.8, 4) is 0 Å². The molecular formula is C106H124N16S2. The second-order valence-corrected chi connectivity index (χ2v) is 38.7. The lowest BCUT2D eigenvalue weighted by molar-refractivity contribution is 0.312. The van der Waals surface area contributed by atoms with Crippen LogP contribution in [0.1, 0.15) is 161 Å². The Balaban J connectivity index is 0.000000115. The average Bonchev–Trinajstić information content (AvgIpc) is 1.63. The van der Waals surface area contributed by atoms with Crippen molar-refractivity contribution in [2.45, 2.75) is 155 Å². The van der Waals surface area contributed by atoms with E-state index in [1.165, 1.54) is 197 Å². The normalized spacial score (nSPS) is 15.7. The van der Waals surface area contributed by atoms with Crippen molar-refractivity contribution >= 4 is 142 Å². The summed E-state index contributed by atoms with van der Waals surface area (Å²) in [5.74, 6) is 0.730. The lowest BCUT2D eigenvalue weighted by atomic mass is 10.0. The Morgan fingerprint density at radius 2 is 0.613 bits per heavy atom. The quantitative estimate of drug-likeness (QED) is 0.124. The molecule has 5 aliphatic rings. The number of aromatic nitrogens is 10. The molecule has 0 aliphatic carbocycles. The van der Waals surface area contributed by atoms with Crippen molar-refractivity contribution in [1.82, 2.24) is 72.1 Å². The molecule has 0 atom stereocenters. The molecule has 640 valence electrons. The van der Waals surface area contributed by atoms with Crippen LogP contribution in [0.25, 0.3) is 113 Å². The summed E-state index contributed by atoms with van der Waals surface area (Å²) in [6.07, 6.45) is 26.8. The highest BCUT2D eigenvalue weighted by molar-refractivity contribution is 7.13. The first kappa shape index (κ1) is 86.5. The molecular weight excluding hydrogens is 1560 g/mol. The van der Waals surface area contributed by atoms with Crippen molar-refractivity contribution < 1.29 is 0 Å². The summed E-state index contributed by atoms with van der Waals surface area (Å²) in [6.45, 7) is 38.9. The van der Waals surface area contributed by atoms with Crippen molar-refractivity contribution in [1.29, 1.82) is 0 Å². The maximum atomic E-state index is 4.46. The van der Waals surface area contributed by atoms with Gasteiger partial charge in [0, 0.05) is 266 Å². The van der Waals surface area contributed by atoms with Crippen LogP contribution in [0.15, 0.2) is 158 Å². The van der Waals surface area contributed by atoms with E-state index >= 15 is 0 Å². The number of allylic oxidation sites excluding steroid dienone is 5. The van der Waals surface area contributed by atoms with Crippen LogP contribution in [0.5, 0.6) is 0 Å². The van der Waals surface area contributed by atoms with E-state index in [0.717, 1.165) is 115 Å². The SMILES string of the molecule is C/C(=C/n1c2c(c3cc(C)ccc31)CN(C)CC2)c1ccc(C)nc1.C/C(=C/n1c2c(c3cc(C)ccc31)CN(C)CC2)c1ccc(C)s1.C/C(=C/n1c2c(c3cc(C)ccc31)CN(C)CC2)c1cnc(N(C)C)nc1.C/C(=C/n1c2c(c3cc(C)ccc31)CN(C)CC2)c1cnn(C)c1.C/C(=C\n1c2c(c3cc(C)ccc31)CN(C)CC2)c1ccc(C)s1. The van der Waals surface area contributed by atoms with Gasteiger partial charge in [0.2, 0.25) is 5.95 Å². The molecule has 15 aromatic rings. The van der Waals surface area contributed by atoms with Gasteiger partial charge in [0.25, 0.3) is 0 Å². The lowest BCUT2D eigenvalue weighted by Gasteiger charge is -2.23. The molecule has 0 saturated carbocycles. The molecule has 0 saturated heterocycles. The molecule has 15 heterocycles. The molecule has 16 nitrogen and oxygen atoms in total. The highest BCUT2D eigenvalue weighted by atomic mass is 32.1. The van der Waals surface area contributed by atoms with Gasteiger partial charge in [-0.15, -0.1) is 22.7 Å². The summed E-state index contributed by atoms with van der Waals surface area (Å²) in [5.41, 5.74) is 38.8. The standard InChI is InChI=1S/C22H27N5.C22H25N3.2C21H24N2S.C20H24N4/c1-15-6-7-20-18(10-15)19-14-26(5)9-8-21(19)27(20)13-16(2)17-11-23-22(24-12-17)25(3)4;1-15-5-8-21-19(11-15)20-14-24(4)10-9-22(20)25(21)13-16(2)18-7-6-17(3)23-12-18;2*1-14-5-7-19-17(11-14)18-13-22(4)10-9-20(18)23(19)12-15(2)21-8-6-16(3)24-21;1-14-5-6-19-17(9-14)18-13-22(3)8-7-20(18)24(19)11-15(2)16-10-21-23(4)12-16/h6-7,10-13H,8-9,14H2,1-5H3;5-8,11-13H,9-10,14H2,1-4H3;2*5-8,11-12H,9-10,13H2,1-4H3;5-6,9-12H,7-8,13H2,1-4H3/b2*16-13-;15-12+;15-12-;15-11-. The first-order valence-electron chi connectivity index (χ1n) is 44.1. The molecule has 18 heteroatoms. The monoisotopic (exact) mass is 1680 g/mol. The van der Waals surface area contributed by atoms with Gasteiger partial charge in [-0.25, -0.2) is 9.97 Å². The number of pyridine rings is 1. The van der Waals surface area contributed by atoms with Crippen LogP contribution in [0.4, 0.5) is 5.95 Å². The van der Waals surface area contributed by atoms with E-state index in [-0.39, 0.29) is 0 Å². The number of nitrogens with zero attached hydrogens (tertiary/aromatic N) is 16. The minimum atomic E-state index is 0.730. The van der Waals surface area contributed by atoms with Crippen LogP contribution in [0.3, 0.4) is 0 Å². The Kier molecular flexibility index (Phi) is 25.5. The van der Waals surface area contributed by atoms with Crippen LogP contribution >= 0.6 is 22.7 Å². The Bertz CT molecular complexity index is 6280. The Morgan fingerprint density at radius 3 is 0.879 bits per heavy atom. The topological polar surface area (TPSA) is 101 Å². The second kappa shape index (κ2) is 36.6. The van der Waals surface area contributed by atoms with Crippen molar-refractivity contribution in [2.75, 3.05) is 87.0 Å². The van der Waals surface area contributed by atoms with E-state index in [0.29, 0.717) is 0 Å². The van der Waals surface area contributed by atoms with Gasteiger partial charge in [0.05, 0.1) is 33.8 Å². The van der Waals surface area contributed by atoms with Gasteiger partial charge >= 0.3 is 0 Å². The molecule has 20 rings (SSSR count). The molecule has 10 aromatic heterocycles. The largest absolute Gasteiger partial charge is 0.347 e. The van der Waals surface area contributed by atoms with Gasteiger partial charge < -0.3 is 52.2 Å². The van der Waals surface area contributed by atoms with E-state index < -0.39 is 0 Å². The van der Waals surface area contributed by atoms with Crippen LogP contribution in [-0.2, 0) is 71.9 Å². The molecule has 124 heavy (non-hydrogen) atoms. The van der Waals surface area contributed by atoms with Gasteiger partial charge in [-0.3, -0.25) is 9.67 Å². The van der Waals surface area contributed by atoms with Gasteiger partial charge in [-0.1, -0.05) is 64.2 Å². The van der Waals surface area contributed by atoms with Crippen LogP contribution in [-0.4, -0.2) is 154 Å². The van der Waals surface area contributed by atoms with Gasteiger partial charge in [-0.2, -0.15) is 5.10 Å². The number of rotatable bonds is 11. The number of aryl methyl sites for hydroxylation is 9. The van der Waals surface area contributed by atoms with Crippen LogP contribution < -0.4 is 4.90 Å². The molecule has 5 aliphatic heterocycles. The number of likely N-dealkylation sites (N-methyl/N-ethyl adjacent to an activating group) is 5. The van der Waals surface area contributed by atoms with E-state index in [2.05, 4.69) is 350 Å². The summed E-state index contributed by atoms with van der Waals surface area (Å²) in [5, 5.41) is 11.3. The molecule has 0 spiro atoms. The fourth-order valence-corrected chi connectivity index (χ4v) is 20.3. The van der Waals surface area contributed by atoms with Crippen molar-refractivity contribution in [3.63, 3.8) is 0 Å². The summed E-state index contributed by atoms with van der Waals surface area (Å²) < 4.78 is 13.9. The van der Waals surface area contributed by atoms with E-state index in [4.69, 9.17) is 0 Å². The Labute approximate surface area is 742 Å². The first-order chi connectivity index (χ1) is 59.5. The number of anilines is 1. The fourth-order valence-electron chi connectivity index (χ4n) is 18.6. The number of hydrogen-bond acceptors (Lipinski definition) is 12. The Hall–Kier alpha value is -11.1. The highest BCUT2D eigenvalue weighted by Gasteiger charge is 2.28. The summed E-state index contributed by atoms with van der Waals surface area (Å²) in [6, 6.07) is 47.2. The van der Waals surface area contributed by atoms with Gasteiger partial charge in [0.1, 0.15) is 0 Å². The molecule has 0 N–H and O–H groups in total. The molecule has 0 amide bonds. The van der Waals surface area contributed by atoms with Crippen molar-refractivity contribution in [3.05, 3.63) is 284 Å². The van der Waals surface area contributed by atoms with Crippen LogP contribution in [0.2, 0.25) is 0 Å². The fraction of sp³-hybridized carbons (Fsp3) is 0.340. The van der Waals surface area contributed by atoms with Crippen molar-refractivity contribution in [2.24, 2.45) is 7.05 Å². The molecule has 5 aromatic carbocycles. The summed E-state index contributed by atoms with van der Waals surface area (Å²) in [4.78, 5) is 32.8. The predicted octanol–water partition coefficient (Wildman–Crippen LogP) is 22.8. The lowest BCUT2D eigenvalue weighted by Crippen LogP contribution is -2.26. The molecule has 0 unspecified atom stereocenters. The zero-order chi connectivity index (χ0) is 87.2. The number of hydrogen-bond donors (Lipinski definition) is 0. The van der Waals surface area contributed by atoms with E-state index in [1.807, 2.05) is 85.1 Å². The Morgan fingerprint density at radius 1 is 0.323 bits per heavy atom. The smallest absolute Gasteiger partial charge is 0.224 e. The highest BCUT2D eigenvalue weighted by Crippen LogP contribution is 2.40. The van der Waals surface area contributed by atoms with Gasteiger partial charge in [-0.05, 0) is 277 Å². The third kappa shape index (κ3) is 18.4. The second-order valence-electron chi connectivity index (χ2n) is 36.2. The predicted molar refractivity (Wildman–Crippen MR) is 529 cm³/mol. The zero-order valence-corrected chi connectivity index (χ0v) is 78.6. The minimum absolute atomic E-state index is 0.730. The zero-order valence-electron chi connectivity index (χ0n) is 77.0. The number of thiophene rings is 2. The van der Waals surface area contributed by atoms with Gasteiger partial charge in [0.15, 0.2) is 0 Å². The van der Waals surface area contributed by atoms with E-state index in [1.54, 1.807) is 0 Å². The maximum absolute atomic E-state index is 4.46. The summed E-state index contributed by atoms with van der Waals surface area (Å²) >= 11 is 3.75. The maximum Gasteiger partial charge on any atom is 0.224 e. The average molecular weight is 1690 g/mol. The molecule has 0 bridgehead atoms.